The highest BCUT2D eigenvalue weighted by atomic mass is 79.9. The topological polar surface area (TPSA) is 3.24 Å². The number of benzene rings is 1. The second-order valence-corrected chi connectivity index (χ2v) is 5.38. The minimum Gasteiger partial charge on any atom is -0.295 e. The molecule has 0 saturated heterocycles. The van der Waals surface area contributed by atoms with Gasteiger partial charge in [-0.25, -0.2) is 0 Å². The van der Waals surface area contributed by atoms with Gasteiger partial charge in [0.2, 0.25) is 0 Å². The van der Waals surface area contributed by atoms with E-state index < -0.39 is 11.7 Å². The van der Waals surface area contributed by atoms with Crippen LogP contribution in [0.4, 0.5) is 13.2 Å². The van der Waals surface area contributed by atoms with Crippen LogP contribution in [0, 0.1) is 0 Å². The van der Waals surface area contributed by atoms with Gasteiger partial charge in [-0.05, 0) is 30.5 Å². The van der Waals surface area contributed by atoms with Crippen molar-refractivity contribution in [2.24, 2.45) is 0 Å². The van der Waals surface area contributed by atoms with Gasteiger partial charge in [0, 0.05) is 24.5 Å². The monoisotopic (exact) mass is 321 g/mol. The van der Waals surface area contributed by atoms with E-state index in [1.165, 1.54) is 12.8 Å². The van der Waals surface area contributed by atoms with Crippen LogP contribution in [-0.4, -0.2) is 22.8 Å². The first-order chi connectivity index (χ1) is 8.50. The average Bonchev–Trinajstić information content (AvgIpc) is 3.12. The molecule has 2 rings (SSSR count). The molecule has 18 heavy (non-hydrogen) atoms. The zero-order valence-corrected chi connectivity index (χ0v) is 11.5. The molecule has 0 aromatic heterocycles. The van der Waals surface area contributed by atoms with Gasteiger partial charge in [0.1, 0.15) is 0 Å². The van der Waals surface area contributed by atoms with Crippen LogP contribution in [0.5, 0.6) is 0 Å². The summed E-state index contributed by atoms with van der Waals surface area (Å²) in [4.78, 5) is 2.32. The molecule has 1 saturated carbocycles. The normalized spacial score (nSPS) is 16.3. The Morgan fingerprint density at radius 1 is 1.17 bits per heavy atom. The van der Waals surface area contributed by atoms with Crippen LogP contribution in [0.3, 0.4) is 0 Å². The molecular formula is C13H15BrF3N. The molecule has 1 fully saturated rings. The molecule has 1 aliphatic carbocycles. The molecule has 5 heteroatoms. The fourth-order valence-corrected chi connectivity index (χ4v) is 2.43. The minimum atomic E-state index is -4.25. The summed E-state index contributed by atoms with van der Waals surface area (Å²) in [5.74, 6) is 0. The Morgan fingerprint density at radius 3 is 2.22 bits per heavy atom. The minimum absolute atomic E-state index is 0.579. The van der Waals surface area contributed by atoms with Gasteiger partial charge in [-0.1, -0.05) is 28.1 Å². The zero-order valence-electron chi connectivity index (χ0n) is 9.88. The van der Waals surface area contributed by atoms with E-state index >= 15 is 0 Å². The Kier molecular flexibility index (Phi) is 4.33. The fraction of sp³-hybridized carbons (Fsp3) is 0.538. The largest absolute Gasteiger partial charge is 0.416 e. The highest BCUT2D eigenvalue weighted by molar-refractivity contribution is 9.09. The molecule has 1 aliphatic rings. The van der Waals surface area contributed by atoms with E-state index in [4.69, 9.17) is 0 Å². The Hall–Kier alpha value is -0.550. The van der Waals surface area contributed by atoms with Crippen LogP contribution in [0.15, 0.2) is 24.3 Å². The molecule has 1 aromatic rings. The van der Waals surface area contributed by atoms with Gasteiger partial charge < -0.3 is 0 Å². The lowest BCUT2D eigenvalue weighted by Crippen LogP contribution is -2.27. The van der Waals surface area contributed by atoms with Crippen LogP contribution in [-0.2, 0) is 12.7 Å². The van der Waals surface area contributed by atoms with Crippen LogP contribution < -0.4 is 0 Å². The number of nitrogens with zero attached hydrogens (tertiary/aromatic N) is 1. The molecule has 0 aliphatic heterocycles. The maximum atomic E-state index is 12.4. The number of alkyl halides is 4. The van der Waals surface area contributed by atoms with Crippen molar-refractivity contribution in [3.63, 3.8) is 0 Å². The van der Waals surface area contributed by atoms with Gasteiger partial charge in [0.05, 0.1) is 5.56 Å². The first-order valence-electron chi connectivity index (χ1n) is 5.97. The molecular weight excluding hydrogens is 307 g/mol. The van der Waals surface area contributed by atoms with E-state index in [9.17, 15) is 13.2 Å². The molecule has 0 radical (unpaired) electrons. The molecule has 0 atom stereocenters. The molecule has 0 bridgehead atoms. The highest BCUT2D eigenvalue weighted by Gasteiger charge is 2.31. The van der Waals surface area contributed by atoms with Crippen molar-refractivity contribution in [3.05, 3.63) is 35.4 Å². The molecule has 0 N–H and O–H groups in total. The second-order valence-electron chi connectivity index (χ2n) is 4.59. The molecule has 0 heterocycles. The lowest BCUT2D eigenvalue weighted by atomic mass is 10.1. The van der Waals surface area contributed by atoms with E-state index in [-0.39, 0.29) is 0 Å². The van der Waals surface area contributed by atoms with Gasteiger partial charge in [-0.3, -0.25) is 4.90 Å². The number of hydrogen-bond acceptors (Lipinski definition) is 1. The Labute approximate surface area is 113 Å². The Morgan fingerprint density at radius 2 is 1.78 bits per heavy atom. The van der Waals surface area contributed by atoms with Gasteiger partial charge in [-0.2, -0.15) is 13.2 Å². The third kappa shape index (κ3) is 3.72. The maximum Gasteiger partial charge on any atom is 0.416 e. The highest BCUT2D eigenvalue weighted by Crippen LogP contribution is 2.31. The summed E-state index contributed by atoms with van der Waals surface area (Å²) in [7, 11) is 0. The van der Waals surface area contributed by atoms with Crippen LogP contribution >= 0.6 is 15.9 Å². The quantitative estimate of drug-likeness (QED) is 0.739. The van der Waals surface area contributed by atoms with E-state index in [1.54, 1.807) is 12.1 Å². The van der Waals surface area contributed by atoms with Gasteiger partial charge in [0.25, 0.3) is 0 Å². The summed E-state index contributed by atoms with van der Waals surface area (Å²) in [6.45, 7) is 1.67. The maximum absolute atomic E-state index is 12.4. The molecule has 0 amide bonds. The predicted molar refractivity (Wildman–Crippen MR) is 68.7 cm³/mol. The first kappa shape index (κ1) is 13.9. The van der Waals surface area contributed by atoms with Crippen molar-refractivity contribution >= 4 is 15.9 Å². The van der Waals surface area contributed by atoms with Gasteiger partial charge >= 0.3 is 6.18 Å². The van der Waals surface area contributed by atoms with Crippen LogP contribution in [0.25, 0.3) is 0 Å². The van der Waals surface area contributed by atoms with Crippen LogP contribution in [0.2, 0.25) is 0 Å². The summed E-state index contributed by atoms with van der Waals surface area (Å²) in [6, 6.07) is 6.09. The van der Waals surface area contributed by atoms with Crippen molar-refractivity contribution in [3.8, 4) is 0 Å². The first-order valence-corrected chi connectivity index (χ1v) is 7.09. The Balaban J connectivity index is 2.00. The summed E-state index contributed by atoms with van der Waals surface area (Å²) < 4.78 is 37.3. The van der Waals surface area contributed by atoms with Crippen molar-refractivity contribution in [2.75, 3.05) is 11.9 Å². The van der Waals surface area contributed by atoms with Crippen molar-refractivity contribution in [1.29, 1.82) is 0 Å². The fourth-order valence-electron chi connectivity index (χ4n) is 1.97. The molecule has 0 unspecified atom stereocenters. The number of rotatable bonds is 5. The van der Waals surface area contributed by atoms with Gasteiger partial charge in [0.15, 0.2) is 0 Å². The number of hydrogen-bond donors (Lipinski definition) is 0. The predicted octanol–water partition coefficient (Wildman–Crippen LogP) is 4.06. The standard InChI is InChI=1S/C13H15BrF3N/c14-7-8-18(12-5-6-12)9-10-1-3-11(4-2-10)13(15,16)17/h1-4,12H,5-9H2. The van der Waals surface area contributed by atoms with Gasteiger partial charge in [-0.15, -0.1) is 0 Å². The summed E-state index contributed by atoms with van der Waals surface area (Å²) in [5, 5.41) is 0.893. The average molecular weight is 322 g/mol. The third-order valence-corrected chi connectivity index (χ3v) is 3.46. The molecule has 1 aromatic carbocycles. The molecule has 1 nitrogen and oxygen atoms in total. The van der Waals surface area contributed by atoms with E-state index in [0.29, 0.717) is 6.04 Å². The van der Waals surface area contributed by atoms with E-state index in [1.807, 2.05) is 0 Å². The van der Waals surface area contributed by atoms with Crippen LogP contribution in [0.1, 0.15) is 24.0 Å². The number of halogens is 4. The van der Waals surface area contributed by atoms with E-state index in [0.717, 1.165) is 36.1 Å². The lowest BCUT2D eigenvalue weighted by Gasteiger charge is -2.21. The second kappa shape index (κ2) is 5.61. The summed E-state index contributed by atoms with van der Waals surface area (Å²) >= 11 is 3.41. The summed E-state index contributed by atoms with van der Waals surface area (Å²) in [5.41, 5.74) is 0.362. The molecule has 0 spiro atoms. The van der Waals surface area contributed by atoms with Crippen molar-refractivity contribution in [1.82, 2.24) is 4.90 Å². The molecule has 100 valence electrons. The van der Waals surface area contributed by atoms with Crippen molar-refractivity contribution < 1.29 is 13.2 Å². The third-order valence-electron chi connectivity index (χ3n) is 3.10. The Bertz CT molecular complexity index is 384. The SMILES string of the molecule is FC(F)(F)c1ccc(CN(CCBr)C2CC2)cc1. The smallest absolute Gasteiger partial charge is 0.295 e. The lowest BCUT2D eigenvalue weighted by molar-refractivity contribution is -0.137. The van der Waals surface area contributed by atoms with Crippen molar-refractivity contribution in [2.45, 2.75) is 31.6 Å². The zero-order chi connectivity index (χ0) is 13.2. The summed E-state index contributed by atoms with van der Waals surface area (Å²) in [6.07, 6.45) is -1.84. The van der Waals surface area contributed by atoms with E-state index in [2.05, 4.69) is 20.8 Å².